The number of hydrogen-bond donors (Lipinski definition) is 0. The van der Waals surface area contributed by atoms with Crippen molar-refractivity contribution in [3.05, 3.63) is 58.2 Å². The number of ether oxygens (including phenoxy) is 1. The van der Waals surface area contributed by atoms with Crippen molar-refractivity contribution in [1.82, 2.24) is 25.0 Å². The highest BCUT2D eigenvalue weighted by atomic mass is 32.1. The molecule has 4 heterocycles. The number of thiazole rings is 1. The van der Waals surface area contributed by atoms with Crippen LogP contribution in [-0.2, 0) is 10.7 Å². The first-order chi connectivity index (χ1) is 18.0. The second-order valence-corrected chi connectivity index (χ2v) is 12.0. The van der Waals surface area contributed by atoms with E-state index in [1.54, 1.807) is 15.3 Å². The van der Waals surface area contributed by atoms with Gasteiger partial charge in [0.15, 0.2) is 0 Å². The third kappa shape index (κ3) is 3.96. The third-order valence-corrected chi connectivity index (χ3v) is 8.93. The van der Waals surface area contributed by atoms with Crippen molar-refractivity contribution in [3.63, 3.8) is 0 Å². The van der Waals surface area contributed by atoms with Gasteiger partial charge in [0.25, 0.3) is 11.8 Å². The van der Waals surface area contributed by atoms with Gasteiger partial charge in [0.2, 0.25) is 11.8 Å². The number of methoxy groups -OCH3 is 1. The van der Waals surface area contributed by atoms with Crippen molar-refractivity contribution in [2.75, 3.05) is 33.3 Å². The van der Waals surface area contributed by atoms with Crippen LogP contribution in [0.25, 0.3) is 0 Å². The summed E-state index contributed by atoms with van der Waals surface area (Å²) < 4.78 is 41.2. The Kier molecular flexibility index (Phi) is 5.60. The standard InChI is InChI=1S/C26H27F2N5O4S/c1-24(2)8-17(24)21(34)33-12-25(13-33)11-32(22(35)19-9-29-14-38-19)10-18(25)20-30-31-23(37-20)26(27,28)15-4-6-16(36-3)7-5-15/h4-7,9,14,17-18H,8,10-13H2,1-3H3/t17-,18?/m1/s1. The van der Waals surface area contributed by atoms with Crippen LogP contribution in [0.3, 0.4) is 0 Å². The molecule has 0 radical (unpaired) electrons. The Balaban J connectivity index is 1.27. The summed E-state index contributed by atoms with van der Waals surface area (Å²) in [5.41, 5.74) is 0.735. The van der Waals surface area contributed by atoms with Crippen LogP contribution < -0.4 is 4.74 Å². The van der Waals surface area contributed by atoms with E-state index in [-0.39, 0.29) is 41.1 Å². The highest BCUT2D eigenvalue weighted by Crippen LogP contribution is 2.56. The van der Waals surface area contributed by atoms with Crippen LogP contribution in [0, 0.1) is 16.7 Å². The van der Waals surface area contributed by atoms with E-state index in [0.717, 1.165) is 6.42 Å². The molecule has 2 saturated heterocycles. The molecule has 12 heteroatoms. The lowest BCUT2D eigenvalue weighted by Gasteiger charge is -2.50. The fourth-order valence-electron chi connectivity index (χ4n) is 5.67. The molecule has 2 aliphatic heterocycles. The molecular formula is C26H27F2N5O4S. The normalized spacial score (nSPS) is 23.4. The maximum atomic E-state index is 15.3. The number of hydrogen-bond acceptors (Lipinski definition) is 8. The minimum absolute atomic E-state index is 0.00247. The number of carbonyl (C=O) groups is 2. The molecule has 2 aromatic heterocycles. The molecule has 0 bridgehead atoms. The van der Waals surface area contributed by atoms with Gasteiger partial charge in [-0.15, -0.1) is 21.5 Å². The first-order valence-electron chi connectivity index (χ1n) is 12.4. The third-order valence-electron chi connectivity index (χ3n) is 8.17. The summed E-state index contributed by atoms with van der Waals surface area (Å²) in [5, 5.41) is 7.74. The van der Waals surface area contributed by atoms with Gasteiger partial charge in [0, 0.05) is 43.1 Å². The van der Waals surface area contributed by atoms with Crippen LogP contribution in [0.1, 0.15) is 53.2 Å². The van der Waals surface area contributed by atoms with E-state index >= 15 is 8.78 Å². The predicted octanol–water partition coefficient (Wildman–Crippen LogP) is 3.79. The van der Waals surface area contributed by atoms with Gasteiger partial charge in [-0.1, -0.05) is 13.8 Å². The minimum atomic E-state index is -3.51. The fraction of sp³-hybridized carbons (Fsp3) is 0.500. The molecule has 1 unspecified atom stereocenters. The molecule has 1 saturated carbocycles. The van der Waals surface area contributed by atoms with Crippen LogP contribution in [0.4, 0.5) is 8.78 Å². The molecule has 1 aromatic carbocycles. The van der Waals surface area contributed by atoms with E-state index < -0.39 is 23.1 Å². The summed E-state index contributed by atoms with van der Waals surface area (Å²) in [4.78, 5) is 34.1. The largest absolute Gasteiger partial charge is 0.497 e. The number of halogens is 2. The smallest absolute Gasteiger partial charge is 0.349 e. The van der Waals surface area contributed by atoms with E-state index in [0.29, 0.717) is 30.3 Å². The van der Waals surface area contributed by atoms with Crippen molar-refractivity contribution in [3.8, 4) is 5.75 Å². The first kappa shape index (κ1) is 24.9. The summed E-state index contributed by atoms with van der Waals surface area (Å²) in [6, 6.07) is 5.39. The number of alkyl halides is 2. The van der Waals surface area contributed by atoms with Gasteiger partial charge in [-0.25, -0.2) is 0 Å². The molecule has 0 N–H and O–H groups in total. The molecular weight excluding hydrogens is 516 g/mol. The van der Waals surface area contributed by atoms with Crippen LogP contribution in [0.5, 0.6) is 5.75 Å². The minimum Gasteiger partial charge on any atom is -0.497 e. The zero-order valence-electron chi connectivity index (χ0n) is 21.2. The summed E-state index contributed by atoms with van der Waals surface area (Å²) in [6.45, 7) is 5.54. The maximum Gasteiger partial charge on any atom is 0.349 e. The Morgan fingerprint density at radius 1 is 1.13 bits per heavy atom. The van der Waals surface area contributed by atoms with Gasteiger partial charge in [0.05, 0.1) is 24.7 Å². The Morgan fingerprint density at radius 2 is 1.82 bits per heavy atom. The molecule has 200 valence electrons. The number of benzene rings is 1. The lowest BCUT2D eigenvalue weighted by molar-refractivity contribution is -0.146. The summed E-state index contributed by atoms with van der Waals surface area (Å²) >= 11 is 1.24. The number of aromatic nitrogens is 3. The van der Waals surface area contributed by atoms with E-state index in [2.05, 4.69) is 29.0 Å². The van der Waals surface area contributed by atoms with Gasteiger partial charge >= 0.3 is 5.92 Å². The monoisotopic (exact) mass is 543 g/mol. The SMILES string of the molecule is COc1ccc(C(F)(F)c2nnc(C3CN(C(=O)c4cncs4)CC34CN(C(=O)[C@H]3CC3(C)C)C4)o2)cc1. The Labute approximate surface area is 221 Å². The number of rotatable bonds is 6. The van der Waals surface area contributed by atoms with E-state index in [1.165, 1.54) is 48.9 Å². The topological polar surface area (TPSA) is 102 Å². The number of nitrogens with zero attached hydrogens (tertiary/aromatic N) is 5. The molecule has 38 heavy (non-hydrogen) atoms. The lowest BCUT2D eigenvalue weighted by Crippen LogP contribution is -2.62. The average Bonchev–Trinajstić information content (AvgIpc) is 3.41. The van der Waals surface area contributed by atoms with Gasteiger partial charge in [-0.3, -0.25) is 14.6 Å². The number of carbonyl (C=O) groups excluding carboxylic acids is 2. The van der Waals surface area contributed by atoms with Crippen LogP contribution in [0.15, 0.2) is 40.4 Å². The quantitative estimate of drug-likeness (QED) is 0.466. The van der Waals surface area contributed by atoms with Crippen molar-refractivity contribution in [1.29, 1.82) is 0 Å². The molecule has 2 amide bonds. The Bertz CT molecular complexity index is 1370. The van der Waals surface area contributed by atoms with Crippen LogP contribution in [-0.4, -0.2) is 70.1 Å². The maximum absolute atomic E-state index is 15.3. The van der Waals surface area contributed by atoms with Crippen molar-refractivity contribution < 1.29 is 27.5 Å². The van der Waals surface area contributed by atoms with E-state index in [4.69, 9.17) is 9.15 Å². The van der Waals surface area contributed by atoms with E-state index in [9.17, 15) is 9.59 Å². The summed E-state index contributed by atoms with van der Waals surface area (Å²) in [5.74, 6) is -4.40. The highest BCUT2D eigenvalue weighted by molar-refractivity contribution is 7.11. The molecule has 3 fully saturated rings. The van der Waals surface area contributed by atoms with Crippen LogP contribution >= 0.6 is 11.3 Å². The van der Waals surface area contributed by atoms with Gasteiger partial charge in [-0.05, 0) is 36.1 Å². The second-order valence-electron chi connectivity index (χ2n) is 11.2. The molecule has 9 nitrogen and oxygen atoms in total. The zero-order chi connectivity index (χ0) is 26.9. The molecule has 1 aliphatic carbocycles. The molecule has 3 aromatic rings. The van der Waals surface area contributed by atoms with Crippen LogP contribution in [0.2, 0.25) is 0 Å². The fourth-order valence-corrected chi connectivity index (χ4v) is 6.25. The van der Waals surface area contributed by atoms with Crippen molar-refractivity contribution in [2.45, 2.75) is 32.1 Å². The highest BCUT2D eigenvalue weighted by Gasteiger charge is 2.62. The van der Waals surface area contributed by atoms with Gasteiger partial charge < -0.3 is 19.0 Å². The zero-order valence-corrected chi connectivity index (χ0v) is 22.0. The van der Waals surface area contributed by atoms with Crippen molar-refractivity contribution in [2.24, 2.45) is 16.7 Å². The molecule has 3 aliphatic rings. The van der Waals surface area contributed by atoms with Gasteiger partial charge in [0.1, 0.15) is 10.6 Å². The number of likely N-dealkylation sites (tertiary alicyclic amines) is 2. The average molecular weight is 544 g/mol. The van der Waals surface area contributed by atoms with Crippen molar-refractivity contribution >= 4 is 23.2 Å². The van der Waals surface area contributed by atoms with E-state index in [1.807, 2.05) is 0 Å². The summed E-state index contributed by atoms with van der Waals surface area (Å²) in [7, 11) is 1.46. The molecule has 2 atom stereocenters. The predicted molar refractivity (Wildman–Crippen MR) is 132 cm³/mol. The summed E-state index contributed by atoms with van der Waals surface area (Å²) in [6.07, 6.45) is 2.36. The second kappa shape index (κ2) is 8.55. The first-order valence-corrected chi connectivity index (χ1v) is 13.2. The van der Waals surface area contributed by atoms with Gasteiger partial charge in [-0.2, -0.15) is 8.78 Å². The lowest BCUT2D eigenvalue weighted by atomic mass is 9.71. The Hall–Kier alpha value is -3.41. The molecule has 6 rings (SSSR count). The molecule has 1 spiro atoms. The Morgan fingerprint density at radius 3 is 2.42 bits per heavy atom. The number of amides is 2.